The number of allylic oxidation sites excluding steroid dienone is 5. The molecule has 2 rings (SSSR count). The molecule has 0 aromatic heterocycles. The molecule has 0 aliphatic heterocycles. The summed E-state index contributed by atoms with van der Waals surface area (Å²) in [7, 11) is 0. The first-order valence-electron chi connectivity index (χ1n) is 10.1. The average Bonchev–Trinajstić information content (AvgIpc) is 2.69. The second-order valence-electron chi connectivity index (χ2n) is 8.38. The van der Waals surface area contributed by atoms with E-state index in [-0.39, 0.29) is 12.3 Å². The summed E-state index contributed by atoms with van der Waals surface area (Å²) in [5, 5.41) is 20.1. The Bertz CT molecular complexity index is 861. The number of carboxylic acid groups (broad SMARTS) is 1. The standard InChI is InChI=1S/C24H30O6/c1-6-15(2)9-7-8-10-21(26)30-19-12-11-18-13-20(25)24(29,17(4)22(27)28)14-23(18,5)16(19)3/h7-13,15-16,19,29H,4,6,14H2,1-3,5H3,(H,27,28)/b9-7+,10-8+/t15-,16-,19-,23+,24+/m0/s1. The van der Waals surface area contributed by atoms with Crippen molar-refractivity contribution in [2.45, 2.75) is 52.2 Å². The SMILES string of the molecule is C=C(C(=O)O)[C@]1(O)C[C@@]2(C)C(=CC1=O)C=C[C@H](OC(=O)/C=C/C=C/[C@@H](C)CC)[C@@H]2C. The number of carboxylic acids is 1. The molecular weight excluding hydrogens is 384 g/mol. The van der Waals surface area contributed by atoms with Gasteiger partial charge in [-0.1, -0.05) is 65.0 Å². The van der Waals surface area contributed by atoms with E-state index in [9.17, 15) is 24.6 Å². The van der Waals surface area contributed by atoms with E-state index in [4.69, 9.17) is 4.74 Å². The van der Waals surface area contributed by atoms with Gasteiger partial charge in [-0.15, -0.1) is 0 Å². The van der Waals surface area contributed by atoms with Crippen LogP contribution in [-0.4, -0.2) is 39.6 Å². The summed E-state index contributed by atoms with van der Waals surface area (Å²) in [5.41, 5.74) is -2.86. The summed E-state index contributed by atoms with van der Waals surface area (Å²) in [4.78, 5) is 36.0. The Balaban J connectivity index is 2.21. The third kappa shape index (κ3) is 4.54. The number of carbonyl (C=O) groups is 3. The molecule has 0 amide bonds. The molecule has 0 saturated heterocycles. The minimum Gasteiger partial charge on any atom is -0.478 e. The third-order valence-corrected chi connectivity index (χ3v) is 6.38. The Hall–Kier alpha value is -2.73. The fraction of sp³-hybridized carbons (Fsp3) is 0.458. The molecule has 0 heterocycles. The number of hydrogen-bond acceptors (Lipinski definition) is 5. The van der Waals surface area contributed by atoms with Gasteiger partial charge in [0.25, 0.3) is 0 Å². The number of hydrogen-bond donors (Lipinski definition) is 2. The number of ether oxygens (including phenoxy) is 1. The van der Waals surface area contributed by atoms with E-state index in [0.717, 1.165) is 6.42 Å². The van der Waals surface area contributed by atoms with Crippen LogP contribution >= 0.6 is 0 Å². The van der Waals surface area contributed by atoms with Crippen molar-refractivity contribution < 1.29 is 29.3 Å². The van der Waals surface area contributed by atoms with Crippen LogP contribution in [0.4, 0.5) is 0 Å². The molecule has 0 aromatic rings. The molecule has 5 atom stereocenters. The van der Waals surface area contributed by atoms with E-state index in [2.05, 4.69) is 20.4 Å². The Morgan fingerprint density at radius 2 is 2.07 bits per heavy atom. The smallest absolute Gasteiger partial charge is 0.334 e. The summed E-state index contributed by atoms with van der Waals surface area (Å²) < 4.78 is 5.58. The van der Waals surface area contributed by atoms with Crippen LogP contribution in [0.5, 0.6) is 0 Å². The molecule has 6 heteroatoms. The summed E-state index contributed by atoms with van der Waals surface area (Å²) >= 11 is 0. The molecule has 162 valence electrons. The molecule has 30 heavy (non-hydrogen) atoms. The maximum absolute atomic E-state index is 12.5. The Kier molecular flexibility index (Phi) is 7.03. The molecule has 2 N–H and O–H groups in total. The van der Waals surface area contributed by atoms with E-state index < -0.39 is 40.4 Å². The van der Waals surface area contributed by atoms with Crippen LogP contribution in [0.25, 0.3) is 0 Å². The molecule has 0 bridgehead atoms. The summed E-state index contributed by atoms with van der Waals surface area (Å²) in [6.45, 7) is 11.2. The highest BCUT2D eigenvalue weighted by molar-refractivity contribution is 6.08. The van der Waals surface area contributed by atoms with Gasteiger partial charge >= 0.3 is 11.9 Å². The highest BCUT2D eigenvalue weighted by atomic mass is 16.5. The zero-order valence-corrected chi connectivity index (χ0v) is 17.9. The van der Waals surface area contributed by atoms with E-state index in [1.807, 2.05) is 26.0 Å². The van der Waals surface area contributed by atoms with Crippen molar-refractivity contribution in [3.05, 3.63) is 60.3 Å². The van der Waals surface area contributed by atoms with E-state index in [0.29, 0.717) is 11.5 Å². The second-order valence-corrected chi connectivity index (χ2v) is 8.38. The summed E-state index contributed by atoms with van der Waals surface area (Å²) in [6, 6.07) is 0. The molecule has 6 nitrogen and oxygen atoms in total. The van der Waals surface area contributed by atoms with Crippen molar-refractivity contribution in [1.82, 2.24) is 0 Å². The van der Waals surface area contributed by atoms with Gasteiger partial charge in [0, 0.05) is 17.4 Å². The second kappa shape index (κ2) is 8.96. The molecule has 0 saturated carbocycles. The molecule has 0 fully saturated rings. The molecule has 2 aliphatic rings. The summed E-state index contributed by atoms with van der Waals surface area (Å²) in [6.07, 6.45) is 11.7. The molecular formula is C24H30O6. The normalized spacial score (nSPS) is 32.0. The quantitative estimate of drug-likeness (QED) is 0.375. The van der Waals surface area contributed by atoms with Gasteiger partial charge in [0.1, 0.15) is 6.10 Å². The van der Waals surface area contributed by atoms with E-state index in [1.165, 1.54) is 12.2 Å². The van der Waals surface area contributed by atoms with Crippen LogP contribution in [0.15, 0.2) is 60.3 Å². The number of ketones is 1. The third-order valence-electron chi connectivity index (χ3n) is 6.38. The fourth-order valence-electron chi connectivity index (χ4n) is 3.81. The van der Waals surface area contributed by atoms with Gasteiger partial charge in [-0.25, -0.2) is 9.59 Å². The van der Waals surface area contributed by atoms with Gasteiger partial charge in [-0.2, -0.15) is 0 Å². The van der Waals surface area contributed by atoms with Gasteiger partial charge in [0.15, 0.2) is 11.4 Å². The van der Waals surface area contributed by atoms with E-state index in [1.54, 1.807) is 18.2 Å². The molecule has 0 spiro atoms. The van der Waals surface area contributed by atoms with Gasteiger partial charge in [0.2, 0.25) is 0 Å². The minimum atomic E-state index is -2.20. The lowest BCUT2D eigenvalue weighted by molar-refractivity contribution is -0.148. The number of fused-ring (bicyclic) bond motifs is 1. The van der Waals surface area contributed by atoms with Crippen LogP contribution in [-0.2, 0) is 19.1 Å². The monoisotopic (exact) mass is 414 g/mol. The van der Waals surface area contributed by atoms with Crippen LogP contribution < -0.4 is 0 Å². The van der Waals surface area contributed by atoms with Crippen molar-refractivity contribution in [3.8, 4) is 0 Å². The molecule has 0 radical (unpaired) electrons. The Morgan fingerprint density at radius 1 is 1.40 bits per heavy atom. The van der Waals surface area contributed by atoms with Crippen LogP contribution in [0.3, 0.4) is 0 Å². The van der Waals surface area contributed by atoms with Crippen LogP contribution in [0.2, 0.25) is 0 Å². The average molecular weight is 414 g/mol. The van der Waals surface area contributed by atoms with E-state index >= 15 is 0 Å². The first-order chi connectivity index (χ1) is 14.0. The van der Waals surface area contributed by atoms with Crippen LogP contribution in [0, 0.1) is 17.3 Å². The highest BCUT2D eigenvalue weighted by Gasteiger charge is 2.54. The predicted molar refractivity (Wildman–Crippen MR) is 113 cm³/mol. The summed E-state index contributed by atoms with van der Waals surface area (Å²) in [5.74, 6) is -2.51. The number of aliphatic carboxylic acids is 1. The maximum Gasteiger partial charge on any atom is 0.334 e. The topological polar surface area (TPSA) is 101 Å². The van der Waals surface area contributed by atoms with Gasteiger partial charge < -0.3 is 14.9 Å². The lowest BCUT2D eigenvalue weighted by atomic mass is 9.57. The number of rotatable bonds is 7. The fourth-order valence-corrected chi connectivity index (χ4v) is 3.81. The predicted octanol–water partition coefficient (Wildman–Crippen LogP) is 3.54. The molecule has 0 unspecified atom stereocenters. The van der Waals surface area contributed by atoms with Crippen molar-refractivity contribution in [2.75, 3.05) is 0 Å². The van der Waals surface area contributed by atoms with Gasteiger partial charge in [-0.3, -0.25) is 4.79 Å². The zero-order valence-electron chi connectivity index (χ0n) is 17.9. The molecule has 2 aliphatic carbocycles. The Morgan fingerprint density at radius 3 is 2.67 bits per heavy atom. The van der Waals surface area contributed by atoms with Crippen molar-refractivity contribution in [1.29, 1.82) is 0 Å². The van der Waals surface area contributed by atoms with Crippen molar-refractivity contribution in [3.63, 3.8) is 0 Å². The number of esters is 1. The minimum absolute atomic E-state index is 0.150. The Labute approximate surface area is 177 Å². The number of carbonyl (C=O) groups excluding carboxylic acids is 2. The largest absolute Gasteiger partial charge is 0.478 e. The molecule has 0 aromatic carbocycles. The van der Waals surface area contributed by atoms with Gasteiger partial charge in [0.05, 0.1) is 5.57 Å². The van der Waals surface area contributed by atoms with Crippen molar-refractivity contribution in [2.24, 2.45) is 17.3 Å². The lowest BCUT2D eigenvalue weighted by Crippen LogP contribution is -2.53. The number of aliphatic hydroxyl groups is 1. The maximum atomic E-state index is 12.5. The first-order valence-corrected chi connectivity index (χ1v) is 10.1. The first kappa shape index (κ1) is 23.5. The lowest BCUT2D eigenvalue weighted by Gasteiger charge is -2.48. The van der Waals surface area contributed by atoms with Crippen molar-refractivity contribution >= 4 is 17.7 Å². The van der Waals surface area contributed by atoms with Crippen LogP contribution in [0.1, 0.15) is 40.5 Å². The highest BCUT2D eigenvalue weighted by Crippen LogP contribution is 2.52. The zero-order chi connectivity index (χ0) is 22.7. The van der Waals surface area contributed by atoms with Gasteiger partial charge in [-0.05, 0) is 30.1 Å².